The van der Waals surface area contributed by atoms with E-state index < -0.39 is 49.4 Å². The first-order chi connectivity index (χ1) is 17.8. The minimum atomic E-state index is -1.58. The fourth-order valence-corrected chi connectivity index (χ4v) is 4.13. The molecule has 1 aliphatic rings. The zero-order chi connectivity index (χ0) is 27.5. The molecule has 37 heavy (non-hydrogen) atoms. The van der Waals surface area contributed by atoms with Crippen molar-refractivity contribution in [3.63, 3.8) is 0 Å². The Kier molecular flexibility index (Phi) is 18.8. The summed E-state index contributed by atoms with van der Waals surface area (Å²) in [6, 6.07) is 0. The monoisotopic (exact) mass is 534 g/mol. The fraction of sp³-hybridized carbons (Fsp3) is 0.926. The van der Waals surface area contributed by atoms with Gasteiger partial charge in [-0.2, -0.15) is 0 Å². The van der Waals surface area contributed by atoms with Crippen molar-refractivity contribution in [3.8, 4) is 0 Å². The number of esters is 2. The number of aliphatic hydroxyl groups is 4. The van der Waals surface area contributed by atoms with E-state index in [0.29, 0.717) is 6.42 Å². The summed E-state index contributed by atoms with van der Waals surface area (Å²) < 4.78 is 21.7. The molecule has 6 atom stereocenters. The predicted octanol–water partition coefficient (Wildman–Crippen LogP) is 2.76. The molecule has 1 rings (SSSR count). The fourth-order valence-electron chi connectivity index (χ4n) is 4.13. The van der Waals surface area contributed by atoms with Gasteiger partial charge in [-0.05, 0) is 12.8 Å². The lowest BCUT2D eigenvalue weighted by molar-refractivity contribution is -0.305. The molecule has 1 fully saturated rings. The highest BCUT2D eigenvalue weighted by Crippen LogP contribution is 2.22. The lowest BCUT2D eigenvalue weighted by atomic mass is 9.99. The first kappa shape index (κ1) is 33.7. The highest BCUT2D eigenvalue weighted by Gasteiger charge is 2.44. The Morgan fingerprint density at radius 2 is 1.27 bits per heavy atom. The molecule has 0 aliphatic carbocycles. The van der Waals surface area contributed by atoms with Crippen LogP contribution >= 0.6 is 0 Å². The summed E-state index contributed by atoms with van der Waals surface area (Å²) in [5, 5.41) is 39.4. The van der Waals surface area contributed by atoms with Crippen LogP contribution < -0.4 is 0 Å². The van der Waals surface area contributed by atoms with Gasteiger partial charge < -0.3 is 39.4 Å². The van der Waals surface area contributed by atoms with Crippen molar-refractivity contribution >= 4 is 11.9 Å². The van der Waals surface area contributed by atoms with Crippen LogP contribution in [0.2, 0.25) is 0 Å². The molecule has 0 spiro atoms. The number of unbranched alkanes of at least 4 members (excludes halogenated alkanes) is 10. The molecule has 218 valence electrons. The van der Waals surface area contributed by atoms with Crippen LogP contribution in [0.3, 0.4) is 0 Å². The lowest BCUT2D eigenvalue weighted by Crippen LogP contribution is -2.59. The van der Waals surface area contributed by atoms with Crippen molar-refractivity contribution in [2.24, 2.45) is 0 Å². The molecule has 1 heterocycles. The van der Waals surface area contributed by atoms with Gasteiger partial charge in [-0.1, -0.05) is 78.1 Å². The second kappa shape index (κ2) is 20.6. The van der Waals surface area contributed by atoms with Gasteiger partial charge in [0.1, 0.15) is 31.0 Å². The first-order valence-electron chi connectivity index (χ1n) is 14.1. The number of aliphatic hydroxyl groups excluding tert-OH is 4. The number of carbonyl (C=O) groups is 2. The van der Waals surface area contributed by atoms with Crippen molar-refractivity contribution in [1.29, 1.82) is 0 Å². The maximum absolute atomic E-state index is 12.4. The van der Waals surface area contributed by atoms with Crippen molar-refractivity contribution in [2.75, 3.05) is 19.8 Å². The number of hydrogen-bond donors (Lipinski definition) is 4. The average Bonchev–Trinajstić information content (AvgIpc) is 2.89. The molecule has 1 aliphatic heterocycles. The molecule has 0 aromatic heterocycles. The number of rotatable bonds is 21. The molecule has 10 nitrogen and oxygen atoms in total. The van der Waals surface area contributed by atoms with Gasteiger partial charge in [0, 0.05) is 12.8 Å². The summed E-state index contributed by atoms with van der Waals surface area (Å²) in [7, 11) is 0. The Morgan fingerprint density at radius 1 is 0.730 bits per heavy atom. The second-order valence-corrected chi connectivity index (χ2v) is 9.86. The molecule has 0 radical (unpaired) electrons. The van der Waals surface area contributed by atoms with E-state index in [1.165, 1.54) is 12.8 Å². The zero-order valence-corrected chi connectivity index (χ0v) is 22.7. The van der Waals surface area contributed by atoms with Crippen molar-refractivity contribution in [1.82, 2.24) is 0 Å². The Hall–Kier alpha value is -1.30. The molecule has 1 saturated heterocycles. The quantitative estimate of drug-likeness (QED) is 0.128. The predicted molar refractivity (Wildman–Crippen MR) is 137 cm³/mol. The maximum atomic E-state index is 12.4. The van der Waals surface area contributed by atoms with Crippen LogP contribution in [0.5, 0.6) is 0 Å². The van der Waals surface area contributed by atoms with E-state index in [4.69, 9.17) is 18.9 Å². The summed E-state index contributed by atoms with van der Waals surface area (Å²) in [5.74, 6) is -0.829. The van der Waals surface area contributed by atoms with Gasteiger partial charge >= 0.3 is 11.9 Å². The van der Waals surface area contributed by atoms with Gasteiger partial charge in [-0.15, -0.1) is 0 Å². The Bertz CT molecular complexity index is 600. The second-order valence-electron chi connectivity index (χ2n) is 9.86. The molecular formula is C27H50O10. The number of ether oxygens (including phenoxy) is 4. The molecule has 0 saturated carbocycles. The van der Waals surface area contributed by atoms with Gasteiger partial charge in [-0.25, -0.2) is 0 Å². The van der Waals surface area contributed by atoms with E-state index in [9.17, 15) is 30.0 Å². The SMILES string of the molecule is CCCCCCCCC(=O)OCC(CO[C@@H]1OC(CO)[C@H](O)[C@H](O)C1O)OC(=O)CCCCCCCC. The van der Waals surface area contributed by atoms with Crippen molar-refractivity contribution < 1.29 is 49.0 Å². The Balaban J connectivity index is 2.55. The van der Waals surface area contributed by atoms with E-state index in [1.54, 1.807) is 0 Å². The summed E-state index contributed by atoms with van der Waals surface area (Å²) in [4.78, 5) is 24.6. The summed E-state index contributed by atoms with van der Waals surface area (Å²) >= 11 is 0. The van der Waals surface area contributed by atoms with E-state index in [0.717, 1.165) is 57.8 Å². The first-order valence-corrected chi connectivity index (χ1v) is 14.1. The van der Waals surface area contributed by atoms with Gasteiger partial charge in [0.25, 0.3) is 0 Å². The summed E-state index contributed by atoms with van der Waals surface area (Å²) in [5.41, 5.74) is 0. The van der Waals surface area contributed by atoms with E-state index >= 15 is 0 Å². The molecule has 0 aromatic rings. The van der Waals surface area contributed by atoms with Crippen molar-refractivity contribution in [2.45, 2.75) is 141 Å². The van der Waals surface area contributed by atoms with Crippen LogP contribution in [-0.4, -0.2) is 89.0 Å². The Labute approximate surface area is 221 Å². The van der Waals surface area contributed by atoms with Crippen LogP contribution in [0.1, 0.15) is 104 Å². The smallest absolute Gasteiger partial charge is 0.306 e. The molecule has 0 bridgehead atoms. The third-order valence-corrected chi connectivity index (χ3v) is 6.49. The summed E-state index contributed by atoms with van der Waals surface area (Å²) in [6.07, 6.45) is 4.80. The molecular weight excluding hydrogens is 484 g/mol. The standard InChI is InChI=1S/C27H50O10/c1-3-5-7-9-11-13-15-22(29)34-18-20(36-23(30)16-14-12-10-8-6-4-2)19-35-27-26(33)25(32)24(31)21(17-28)37-27/h20-21,24-28,31-33H,3-19H2,1-2H3/t20?,21?,24-,25-,26?,27+/m0/s1. The molecule has 0 amide bonds. The van der Waals surface area contributed by atoms with Crippen LogP contribution in [-0.2, 0) is 28.5 Å². The van der Waals surface area contributed by atoms with E-state index in [2.05, 4.69) is 13.8 Å². The highest BCUT2D eigenvalue weighted by atomic mass is 16.7. The van der Waals surface area contributed by atoms with Crippen molar-refractivity contribution in [3.05, 3.63) is 0 Å². The van der Waals surface area contributed by atoms with Crippen LogP contribution in [0.4, 0.5) is 0 Å². The van der Waals surface area contributed by atoms with Crippen LogP contribution in [0, 0.1) is 0 Å². The molecule has 4 N–H and O–H groups in total. The average molecular weight is 535 g/mol. The van der Waals surface area contributed by atoms with E-state index in [-0.39, 0.29) is 32.0 Å². The topological polar surface area (TPSA) is 152 Å². The third kappa shape index (κ3) is 14.4. The van der Waals surface area contributed by atoms with Crippen LogP contribution in [0.25, 0.3) is 0 Å². The van der Waals surface area contributed by atoms with E-state index in [1.807, 2.05) is 0 Å². The third-order valence-electron chi connectivity index (χ3n) is 6.49. The van der Waals surface area contributed by atoms with Gasteiger partial charge in [-0.3, -0.25) is 9.59 Å². The van der Waals surface area contributed by atoms with Crippen LogP contribution in [0.15, 0.2) is 0 Å². The largest absolute Gasteiger partial charge is 0.462 e. The minimum absolute atomic E-state index is 0.214. The molecule has 3 unspecified atom stereocenters. The van der Waals surface area contributed by atoms with Gasteiger partial charge in [0.2, 0.25) is 0 Å². The van der Waals surface area contributed by atoms with Gasteiger partial charge in [0.05, 0.1) is 13.2 Å². The summed E-state index contributed by atoms with van der Waals surface area (Å²) in [6.45, 7) is 3.22. The Morgan fingerprint density at radius 3 is 1.84 bits per heavy atom. The number of hydrogen-bond acceptors (Lipinski definition) is 10. The molecule has 10 heteroatoms. The van der Waals surface area contributed by atoms with Gasteiger partial charge in [0.15, 0.2) is 12.4 Å². The zero-order valence-electron chi connectivity index (χ0n) is 22.7. The normalized spacial score (nSPS) is 24.5. The minimum Gasteiger partial charge on any atom is -0.462 e. The maximum Gasteiger partial charge on any atom is 0.306 e. The molecule has 0 aromatic carbocycles. The highest BCUT2D eigenvalue weighted by molar-refractivity contribution is 5.70. The number of carbonyl (C=O) groups excluding carboxylic acids is 2. The lowest BCUT2D eigenvalue weighted by Gasteiger charge is -2.39.